The van der Waals surface area contributed by atoms with Crippen molar-refractivity contribution in [3.8, 4) is 0 Å². The van der Waals surface area contributed by atoms with Gasteiger partial charge in [-0.25, -0.2) is 4.79 Å². The average molecular weight is 394 g/mol. The zero-order chi connectivity index (χ0) is 17.9. The summed E-state index contributed by atoms with van der Waals surface area (Å²) in [6.07, 6.45) is 0.703. The van der Waals surface area contributed by atoms with Crippen molar-refractivity contribution in [1.82, 2.24) is 10.2 Å². The van der Waals surface area contributed by atoms with E-state index in [4.69, 9.17) is 39.5 Å². The highest BCUT2D eigenvalue weighted by molar-refractivity contribution is 6.44. The molecule has 24 heavy (non-hydrogen) atoms. The highest BCUT2D eigenvalue weighted by atomic mass is 35.5. The third-order valence-electron chi connectivity index (χ3n) is 3.81. The van der Waals surface area contributed by atoms with Gasteiger partial charge in [-0.2, -0.15) is 0 Å². The van der Waals surface area contributed by atoms with Crippen LogP contribution in [0.25, 0.3) is 0 Å². The van der Waals surface area contributed by atoms with Crippen molar-refractivity contribution in [3.05, 3.63) is 32.8 Å². The number of carbonyl (C=O) groups is 1. The molecule has 1 aliphatic rings. The number of hydrogen-bond donors (Lipinski definition) is 1. The molecule has 1 aliphatic heterocycles. The van der Waals surface area contributed by atoms with Gasteiger partial charge in [0, 0.05) is 36.8 Å². The fraction of sp³-hybridized carbons (Fsp3) is 0.588. The van der Waals surface area contributed by atoms with Gasteiger partial charge in [-0.1, -0.05) is 34.8 Å². The first-order chi connectivity index (χ1) is 11.2. The van der Waals surface area contributed by atoms with Crippen LogP contribution in [0.4, 0.5) is 4.79 Å². The van der Waals surface area contributed by atoms with Crippen molar-refractivity contribution in [2.75, 3.05) is 19.6 Å². The van der Waals surface area contributed by atoms with Crippen LogP contribution in [0.1, 0.15) is 32.8 Å². The number of benzene rings is 1. The van der Waals surface area contributed by atoms with Crippen LogP contribution in [0.2, 0.25) is 15.1 Å². The number of carbonyl (C=O) groups excluding carboxylic acids is 1. The van der Waals surface area contributed by atoms with Gasteiger partial charge in [0.05, 0.1) is 10.0 Å². The maximum absolute atomic E-state index is 12.1. The Hall–Kier alpha value is -0.680. The molecule has 1 amide bonds. The molecule has 1 aromatic rings. The molecule has 0 aromatic heterocycles. The minimum atomic E-state index is -0.465. The topological polar surface area (TPSA) is 41.6 Å². The first kappa shape index (κ1) is 19.6. The largest absolute Gasteiger partial charge is 0.444 e. The van der Waals surface area contributed by atoms with E-state index in [1.807, 2.05) is 20.8 Å². The molecule has 7 heteroatoms. The van der Waals surface area contributed by atoms with Gasteiger partial charge in [0.25, 0.3) is 0 Å². The van der Waals surface area contributed by atoms with Crippen molar-refractivity contribution >= 4 is 40.9 Å². The molecule has 2 rings (SSSR count). The fourth-order valence-corrected chi connectivity index (χ4v) is 3.31. The summed E-state index contributed by atoms with van der Waals surface area (Å²) in [5.41, 5.74) is 0.334. The Morgan fingerprint density at radius 1 is 1.29 bits per heavy atom. The highest BCUT2D eigenvalue weighted by Crippen LogP contribution is 2.31. The second kappa shape index (κ2) is 8.13. The second-order valence-corrected chi connectivity index (χ2v) is 8.23. The smallest absolute Gasteiger partial charge is 0.410 e. The van der Waals surface area contributed by atoms with E-state index >= 15 is 0 Å². The van der Waals surface area contributed by atoms with Gasteiger partial charge in [0.15, 0.2) is 0 Å². The lowest BCUT2D eigenvalue weighted by Crippen LogP contribution is -2.36. The molecule has 1 unspecified atom stereocenters. The number of nitrogens with zero attached hydrogens (tertiary/aromatic N) is 1. The normalized spacial score (nSPS) is 18.1. The van der Waals surface area contributed by atoms with Crippen molar-refractivity contribution in [2.45, 2.75) is 39.3 Å². The van der Waals surface area contributed by atoms with Crippen LogP contribution < -0.4 is 5.32 Å². The van der Waals surface area contributed by atoms with Crippen LogP contribution in [0.5, 0.6) is 0 Å². The molecule has 1 heterocycles. The van der Waals surface area contributed by atoms with Gasteiger partial charge in [-0.05, 0) is 45.2 Å². The number of halogens is 3. The van der Waals surface area contributed by atoms with Gasteiger partial charge in [-0.15, -0.1) is 0 Å². The van der Waals surface area contributed by atoms with Crippen LogP contribution in [-0.2, 0) is 11.3 Å². The number of nitrogens with one attached hydrogen (secondary N) is 1. The van der Waals surface area contributed by atoms with Crippen LogP contribution in [0.15, 0.2) is 12.1 Å². The van der Waals surface area contributed by atoms with E-state index in [1.165, 1.54) is 0 Å². The molecule has 1 fully saturated rings. The summed E-state index contributed by atoms with van der Waals surface area (Å²) >= 11 is 18.4. The molecular weight excluding hydrogens is 371 g/mol. The lowest BCUT2D eigenvalue weighted by atomic mass is 10.1. The van der Waals surface area contributed by atoms with Gasteiger partial charge >= 0.3 is 6.09 Å². The molecular formula is C17H23Cl3N2O2. The number of hydrogen-bond acceptors (Lipinski definition) is 3. The molecule has 4 nitrogen and oxygen atoms in total. The van der Waals surface area contributed by atoms with Crippen molar-refractivity contribution < 1.29 is 9.53 Å². The van der Waals surface area contributed by atoms with Crippen molar-refractivity contribution in [1.29, 1.82) is 0 Å². The van der Waals surface area contributed by atoms with Gasteiger partial charge < -0.3 is 15.0 Å². The van der Waals surface area contributed by atoms with Crippen molar-refractivity contribution in [2.24, 2.45) is 5.92 Å². The summed E-state index contributed by atoms with van der Waals surface area (Å²) in [5.74, 6) is 0.384. The number of ether oxygens (including phenoxy) is 1. The minimum absolute atomic E-state index is 0.245. The highest BCUT2D eigenvalue weighted by Gasteiger charge is 2.29. The van der Waals surface area contributed by atoms with Crippen LogP contribution in [0.3, 0.4) is 0 Å². The molecule has 0 spiro atoms. The number of likely N-dealkylation sites (tertiary alicyclic amines) is 1. The van der Waals surface area contributed by atoms with E-state index < -0.39 is 5.60 Å². The van der Waals surface area contributed by atoms with Crippen LogP contribution >= 0.6 is 34.8 Å². The molecule has 1 aromatic carbocycles. The Labute approximate surface area is 158 Å². The Morgan fingerprint density at radius 2 is 1.96 bits per heavy atom. The maximum Gasteiger partial charge on any atom is 0.410 e. The summed E-state index contributed by atoms with van der Waals surface area (Å²) in [6.45, 7) is 8.36. The minimum Gasteiger partial charge on any atom is -0.444 e. The van der Waals surface area contributed by atoms with E-state index in [2.05, 4.69) is 5.32 Å². The van der Waals surface area contributed by atoms with E-state index in [0.717, 1.165) is 25.1 Å². The summed E-state index contributed by atoms with van der Waals surface area (Å²) in [7, 11) is 0. The molecule has 0 bridgehead atoms. The van der Waals surface area contributed by atoms with Gasteiger partial charge in [-0.3, -0.25) is 0 Å². The molecule has 0 radical (unpaired) electrons. The van der Waals surface area contributed by atoms with Crippen LogP contribution in [0, 0.1) is 5.92 Å². The predicted octanol–water partition coefficient (Wildman–Crippen LogP) is 4.99. The molecule has 0 aliphatic carbocycles. The zero-order valence-corrected chi connectivity index (χ0v) is 16.4. The summed E-state index contributed by atoms with van der Waals surface area (Å²) in [4.78, 5) is 13.8. The first-order valence-corrected chi connectivity index (χ1v) is 9.12. The maximum atomic E-state index is 12.1. The third-order valence-corrected chi connectivity index (χ3v) is 5.01. The fourth-order valence-electron chi connectivity index (χ4n) is 2.62. The van der Waals surface area contributed by atoms with Gasteiger partial charge in [0.2, 0.25) is 0 Å². The zero-order valence-electron chi connectivity index (χ0n) is 14.2. The second-order valence-electron chi connectivity index (χ2n) is 7.03. The quantitative estimate of drug-likeness (QED) is 0.732. The Balaban J connectivity index is 1.81. The molecule has 1 saturated heterocycles. The number of rotatable bonds is 4. The Kier molecular flexibility index (Phi) is 6.66. The predicted molar refractivity (Wildman–Crippen MR) is 99.1 cm³/mol. The lowest BCUT2D eigenvalue weighted by Gasteiger charge is -2.24. The lowest BCUT2D eigenvalue weighted by molar-refractivity contribution is 0.0288. The summed E-state index contributed by atoms with van der Waals surface area (Å²) < 4.78 is 5.41. The molecule has 1 atom stereocenters. The van der Waals surface area contributed by atoms with E-state index in [9.17, 15) is 4.79 Å². The molecule has 0 saturated carbocycles. The number of amides is 1. The van der Waals surface area contributed by atoms with Crippen molar-refractivity contribution in [3.63, 3.8) is 0 Å². The third kappa shape index (κ3) is 5.41. The Bertz CT molecular complexity index is 602. The monoisotopic (exact) mass is 392 g/mol. The van der Waals surface area contributed by atoms with Crippen LogP contribution in [-0.4, -0.2) is 36.2 Å². The van der Waals surface area contributed by atoms with E-state index in [1.54, 1.807) is 17.0 Å². The first-order valence-electron chi connectivity index (χ1n) is 7.98. The average Bonchev–Trinajstić information content (AvgIpc) is 2.94. The van der Waals surface area contributed by atoms with Gasteiger partial charge in [0.1, 0.15) is 5.60 Å². The summed E-state index contributed by atoms with van der Waals surface area (Å²) in [5, 5.41) is 4.93. The van der Waals surface area contributed by atoms with E-state index in [-0.39, 0.29) is 6.09 Å². The Morgan fingerprint density at radius 3 is 2.62 bits per heavy atom. The standard InChI is InChI=1S/C17H23Cl3N2O2/c1-17(2,3)24-16(23)22-7-6-11(10-22)8-21-9-12-13(18)4-5-14(19)15(12)20/h4-5,11,21H,6-10H2,1-3H3. The molecule has 134 valence electrons. The van der Waals surface area contributed by atoms with E-state index in [0.29, 0.717) is 34.1 Å². The SMILES string of the molecule is CC(C)(C)OC(=O)N1CCC(CNCc2c(Cl)ccc(Cl)c2Cl)C1. The summed E-state index contributed by atoms with van der Waals surface area (Å²) in [6, 6.07) is 3.43. The molecule has 1 N–H and O–H groups in total.